The first-order valence-corrected chi connectivity index (χ1v) is 7.62. The van der Waals surface area contributed by atoms with Crippen LogP contribution in [-0.4, -0.2) is 13.0 Å². The number of benzene rings is 2. The summed E-state index contributed by atoms with van der Waals surface area (Å²) in [5.74, 6) is 0.958. The molecule has 1 N–H and O–H groups in total. The smallest absolute Gasteiger partial charge is 0.234 e. The molecule has 0 saturated heterocycles. The highest BCUT2D eigenvalue weighted by Gasteiger charge is 2.08. The molecule has 1 amide bonds. The van der Waals surface area contributed by atoms with E-state index >= 15 is 0 Å². The van der Waals surface area contributed by atoms with E-state index < -0.39 is 0 Å². The fourth-order valence-corrected chi connectivity index (χ4v) is 2.20. The number of nitrogens with zero attached hydrogens (tertiary/aromatic N) is 1. The Hall–Kier alpha value is -3.00. The van der Waals surface area contributed by atoms with E-state index in [2.05, 4.69) is 5.32 Å². The minimum Gasteiger partial charge on any atom is -0.493 e. The molecule has 5 heteroatoms. The van der Waals surface area contributed by atoms with Gasteiger partial charge in [-0.3, -0.25) is 4.79 Å². The van der Waals surface area contributed by atoms with Crippen LogP contribution in [0.1, 0.15) is 23.1 Å². The zero-order chi connectivity index (χ0) is 17.4. The van der Waals surface area contributed by atoms with Gasteiger partial charge in [-0.1, -0.05) is 30.3 Å². The number of methoxy groups -OCH3 is 1. The molecule has 0 aliphatic heterocycles. The van der Waals surface area contributed by atoms with E-state index in [-0.39, 0.29) is 12.3 Å². The summed E-state index contributed by atoms with van der Waals surface area (Å²) in [5.41, 5.74) is 3.17. The summed E-state index contributed by atoms with van der Waals surface area (Å²) < 4.78 is 11.2. The van der Waals surface area contributed by atoms with E-state index in [0.717, 1.165) is 11.1 Å². The molecule has 0 bridgehead atoms. The highest BCUT2D eigenvalue weighted by atomic mass is 16.5. The van der Waals surface area contributed by atoms with Crippen LogP contribution < -0.4 is 14.8 Å². The van der Waals surface area contributed by atoms with E-state index in [1.807, 2.05) is 55.5 Å². The maximum absolute atomic E-state index is 11.3. The van der Waals surface area contributed by atoms with Crippen molar-refractivity contribution in [1.29, 1.82) is 5.26 Å². The molecule has 2 rings (SSSR count). The van der Waals surface area contributed by atoms with Gasteiger partial charge in [-0.05, 0) is 35.7 Å². The Labute approximate surface area is 141 Å². The lowest BCUT2D eigenvalue weighted by molar-refractivity contribution is -0.120. The fourth-order valence-electron chi connectivity index (χ4n) is 2.20. The number of nitriles is 1. The van der Waals surface area contributed by atoms with Gasteiger partial charge in [0.1, 0.15) is 13.0 Å². The molecule has 0 saturated carbocycles. The third-order valence-electron chi connectivity index (χ3n) is 3.60. The minimum absolute atomic E-state index is 0.144. The number of nitrogens with one attached hydrogen (secondary N) is 1. The molecule has 124 valence electrons. The second kappa shape index (κ2) is 8.59. The van der Waals surface area contributed by atoms with Gasteiger partial charge in [0.05, 0.1) is 13.2 Å². The summed E-state index contributed by atoms with van der Waals surface area (Å²) in [6.07, 6.45) is -0.144. The first-order chi connectivity index (χ1) is 11.6. The molecule has 0 fully saturated rings. The Kier molecular flexibility index (Phi) is 6.21. The second-order valence-corrected chi connectivity index (χ2v) is 5.31. The molecule has 0 aromatic heterocycles. The van der Waals surface area contributed by atoms with Crippen LogP contribution in [-0.2, 0) is 17.9 Å². The molecule has 0 heterocycles. The average Bonchev–Trinajstić information content (AvgIpc) is 2.60. The Morgan fingerprint density at radius 3 is 2.71 bits per heavy atom. The quantitative estimate of drug-likeness (QED) is 0.849. The van der Waals surface area contributed by atoms with Crippen LogP contribution in [0, 0.1) is 18.3 Å². The molecule has 0 atom stereocenters. The van der Waals surface area contributed by atoms with E-state index in [4.69, 9.17) is 14.7 Å². The Morgan fingerprint density at radius 2 is 2.00 bits per heavy atom. The van der Waals surface area contributed by atoms with Crippen LogP contribution >= 0.6 is 0 Å². The van der Waals surface area contributed by atoms with E-state index in [1.54, 1.807) is 7.11 Å². The number of ether oxygens (including phenoxy) is 2. The Bertz CT molecular complexity index is 751. The molecule has 24 heavy (non-hydrogen) atoms. The zero-order valence-corrected chi connectivity index (χ0v) is 13.8. The van der Waals surface area contributed by atoms with E-state index in [1.165, 1.54) is 5.56 Å². The van der Waals surface area contributed by atoms with E-state index in [0.29, 0.717) is 24.7 Å². The monoisotopic (exact) mass is 324 g/mol. The molecule has 0 spiro atoms. The van der Waals surface area contributed by atoms with Crippen LogP contribution in [0.15, 0.2) is 42.5 Å². The van der Waals surface area contributed by atoms with Crippen LogP contribution in [0.2, 0.25) is 0 Å². The van der Waals surface area contributed by atoms with Crippen LogP contribution in [0.5, 0.6) is 11.5 Å². The summed E-state index contributed by atoms with van der Waals surface area (Å²) in [4.78, 5) is 11.3. The van der Waals surface area contributed by atoms with Crippen molar-refractivity contribution in [3.8, 4) is 17.6 Å². The Morgan fingerprint density at radius 1 is 1.21 bits per heavy atom. The standard InChI is InChI=1S/C19H20N2O3/c1-14-5-3-4-6-16(14)13-24-17-8-7-15(11-18(17)23-2)12-21-19(22)9-10-20/h3-8,11H,9,12-13H2,1-2H3,(H,21,22). The first kappa shape index (κ1) is 17.4. The zero-order valence-electron chi connectivity index (χ0n) is 13.8. The summed E-state index contributed by atoms with van der Waals surface area (Å²) in [6.45, 7) is 2.85. The lowest BCUT2D eigenvalue weighted by Crippen LogP contribution is -2.21. The van der Waals surface area contributed by atoms with Gasteiger partial charge < -0.3 is 14.8 Å². The third-order valence-corrected chi connectivity index (χ3v) is 3.60. The molecule has 0 aliphatic carbocycles. The number of aryl methyl sites for hydroxylation is 1. The van der Waals surface area contributed by atoms with Gasteiger partial charge in [0.25, 0.3) is 0 Å². The number of carbonyl (C=O) groups is 1. The van der Waals surface area contributed by atoms with Crippen molar-refractivity contribution >= 4 is 5.91 Å². The first-order valence-electron chi connectivity index (χ1n) is 7.62. The second-order valence-electron chi connectivity index (χ2n) is 5.31. The predicted octanol–water partition coefficient (Wildman–Crippen LogP) is 3.11. The molecule has 5 nitrogen and oxygen atoms in total. The van der Waals surface area contributed by atoms with Gasteiger partial charge in [0.2, 0.25) is 5.91 Å². The number of rotatable bonds is 7. The van der Waals surface area contributed by atoms with Gasteiger partial charge in [-0.15, -0.1) is 0 Å². The van der Waals surface area contributed by atoms with Crippen molar-refractivity contribution in [2.45, 2.75) is 26.5 Å². The third kappa shape index (κ3) is 4.75. The molecule has 0 unspecified atom stereocenters. The van der Waals surface area contributed by atoms with Crippen molar-refractivity contribution in [3.63, 3.8) is 0 Å². The summed E-state index contributed by atoms with van der Waals surface area (Å²) in [7, 11) is 1.58. The Balaban J connectivity index is 2.02. The average molecular weight is 324 g/mol. The number of amides is 1. The van der Waals surface area contributed by atoms with Gasteiger partial charge >= 0.3 is 0 Å². The van der Waals surface area contributed by atoms with Crippen LogP contribution in [0.4, 0.5) is 0 Å². The predicted molar refractivity (Wildman–Crippen MR) is 90.6 cm³/mol. The minimum atomic E-state index is -0.295. The van der Waals surface area contributed by atoms with Gasteiger partial charge in [-0.2, -0.15) is 5.26 Å². The maximum Gasteiger partial charge on any atom is 0.234 e. The fraction of sp³-hybridized carbons (Fsp3) is 0.263. The summed E-state index contributed by atoms with van der Waals surface area (Å²) in [5, 5.41) is 11.2. The topological polar surface area (TPSA) is 71.3 Å². The number of carbonyl (C=O) groups excluding carboxylic acids is 1. The van der Waals surface area contributed by atoms with Crippen molar-refractivity contribution in [1.82, 2.24) is 5.32 Å². The van der Waals surface area contributed by atoms with Crippen molar-refractivity contribution in [2.24, 2.45) is 0 Å². The highest BCUT2D eigenvalue weighted by Crippen LogP contribution is 2.29. The molecular weight excluding hydrogens is 304 g/mol. The van der Waals surface area contributed by atoms with Gasteiger partial charge in [0.15, 0.2) is 11.5 Å². The number of hydrogen-bond acceptors (Lipinski definition) is 4. The highest BCUT2D eigenvalue weighted by molar-refractivity contribution is 5.77. The number of hydrogen-bond donors (Lipinski definition) is 1. The molecule has 0 radical (unpaired) electrons. The lowest BCUT2D eigenvalue weighted by Gasteiger charge is -2.13. The van der Waals surface area contributed by atoms with Gasteiger partial charge in [0, 0.05) is 6.54 Å². The van der Waals surface area contributed by atoms with Crippen molar-refractivity contribution < 1.29 is 14.3 Å². The van der Waals surface area contributed by atoms with Crippen molar-refractivity contribution in [3.05, 3.63) is 59.2 Å². The molecule has 0 aliphatic rings. The largest absolute Gasteiger partial charge is 0.493 e. The van der Waals surface area contributed by atoms with E-state index in [9.17, 15) is 4.79 Å². The molecule has 2 aromatic rings. The summed E-state index contributed by atoms with van der Waals surface area (Å²) in [6, 6.07) is 15.4. The lowest BCUT2D eigenvalue weighted by atomic mass is 10.1. The summed E-state index contributed by atoms with van der Waals surface area (Å²) >= 11 is 0. The van der Waals surface area contributed by atoms with Crippen LogP contribution in [0.25, 0.3) is 0 Å². The van der Waals surface area contributed by atoms with Crippen molar-refractivity contribution in [2.75, 3.05) is 7.11 Å². The molecule has 2 aromatic carbocycles. The normalized spacial score (nSPS) is 9.88. The van der Waals surface area contributed by atoms with Gasteiger partial charge in [-0.25, -0.2) is 0 Å². The SMILES string of the molecule is COc1cc(CNC(=O)CC#N)ccc1OCc1ccccc1C. The maximum atomic E-state index is 11.3. The molecular formula is C19H20N2O3. The van der Waals surface area contributed by atoms with Crippen LogP contribution in [0.3, 0.4) is 0 Å².